The topological polar surface area (TPSA) is 43.7 Å². The van der Waals surface area contributed by atoms with Crippen LogP contribution in [0.1, 0.15) is 23.7 Å². The van der Waals surface area contributed by atoms with Gasteiger partial charge in [0.25, 0.3) is 0 Å². The van der Waals surface area contributed by atoms with Crippen LogP contribution in [0.5, 0.6) is 5.75 Å². The monoisotopic (exact) mass is 285 g/mol. The summed E-state index contributed by atoms with van der Waals surface area (Å²) < 4.78 is 0. The molecule has 0 unspecified atom stereocenters. The van der Waals surface area contributed by atoms with Crippen molar-refractivity contribution in [2.45, 2.75) is 18.9 Å². The summed E-state index contributed by atoms with van der Waals surface area (Å²) in [5, 5.41) is 19.4. The van der Waals surface area contributed by atoms with Gasteiger partial charge in [-0.15, -0.1) is 0 Å². The van der Waals surface area contributed by atoms with Crippen molar-refractivity contribution in [3.05, 3.63) is 65.7 Å². The SMILES string of the molecule is CN(CCCc1ccc(O)cc1)C[C@@H](O)c1ccccc1. The van der Waals surface area contributed by atoms with E-state index in [1.165, 1.54) is 5.56 Å². The van der Waals surface area contributed by atoms with Gasteiger partial charge in [-0.05, 0) is 49.7 Å². The maximum absolute atomic E-state index is 10.2. The van der Waals surface area contributed by atoms with Crippen LogP contribution in [0.25, 0.3) is 0 Å². The smallest absolute Gasteiger partial charge is 0.115 e. The lowest BCUT2D eigenvalue weighted by Gasteiger charge is -2.20. The number of aliphatic hydroxyl groups excluding tert-OH is 1. The third-order valence-corrected chi connectivity index (χ3v) is 3.61. The second-order valence-corrected chi connectivity index (χ2v) is 5.46. The number of hydrogen-bond donors (Lipinski definition) is 2. The summed E-state index contributed by atoms with van der Waals surface area (Å²) >= 11 is 0. The summed E-state index contributed by atoms with van der Waals surface area (Å²) in [7, 11) is 2.03. The standard InChI is InChI=1S/C18H23NO2/c1-19(14-18(21)16-7-3-2-4-8-16)13-5-6-15-9-11-17(20)12-10-15/h2-4,7-12,18,20-21H,5-6,13-14H2,1H3/t18-/m1/s1. The summed E-state index contributed by atoms with van der Waals surface area (Å²) in [6.45, 7) is 1.57. The molecule has 0 aliphatic rings. The highest BCUT2D eigenvalue weighted by Crippen LogP contribution is 2.14. The first-order chi connectivity index (χ1) is 10.1. The van der Waals surface area contributed by atoms with Gasteiger partial charge in [0.05, 0.1) is 6.10 Å². The van der Waals surface area contributed by atoms with Crippen molar-refractivity contribution in [1.29, 1.82) is 0 Å². The molecule has 21 heavy (non-hydrogen) atoms. The molecule has 0 fully saturated rings. The van der Waals surface area contributed by atoms with E-state index in [2.05, 4.69) is 4.90 Å². The van der Waals surface area contributed by atoms with Crippen LogP contribution in [0, 0.1) is 0 Å². The number of aromatic hydroxyl groups is 1. The molecule has 0 aliphatic carbocycles. The normalized spacial score (nSPS) is 12.5. The fourth-order valence-electron chi connectivity index (χ4n) is 2.38. The van der Waals surface area contributed by atoms with Crippen LogP contribution in [-0.2, 0) is 6.42 Å². The molecule has 0 aromatic heterocycles. The van der Waals surface area contributed by atoms with Gasteiger partial charge in [-0.3, -0.25) is 0 Å². The van der Waals surface area contributed by atoms with Gasteiger partial charge in [0, 0.05) is 6.54 Å². The lowest BCUT2D eigenvalue weighted by molar-refractivity contribution is 0.126. The minimum Gasteiger partial charge on any atom is -0.508 e. The molecule has 2 N–H and O–H groups in total. The number of hydrogen-bond acceptors (Lipinski definition) is 3. The summed E-state index contributed by atoms with van der Waals surface area (Å²) in [6.07, 6.45) is 1.57. The van der Waals surface area contributed by atoms with E-state index in [0.29, 0.717) is 12.3 Å². The van der Waals surface area contributed by atoms with Crippen molar-refractivity contribution in [3.8, 4) is 5.75 Å². The van der Waals surface area contributed by atoms with Gasteiger partial charge in [0.15, 0.2) is 0 Å². The Balaban J connectivity index is 1.72. The third kappa shape index (κ3) is 5.21. The number of nitrogens with zero attached hydrogens (tertiary/aromatic N) is 1. The van der Waals surface area contributed by atoms with E-state index in [9.17, 15) is 10.2 Å². The molecule has 2 rings (SSSR count). The molecule has 2 aromatic rings. The molecule has 0 heterocycles. The first-order valence-electron chi connectivity index (χ1n) is 7.34. The highest BCUT2D eigenvalue weighted by molar-refractivity contribution is 5.25. The minimum atomic E-state index is -0.440. The quantitative estimate of drug-likeness (QED) is 0.822. The Labute approximate surface area is 126 Å². The van der Waals surface area contributed by atoms with E-state index in [4.69, 9.17) is 0 Å². The van der Waals surface area contributed by atoms with E-state index < -0.39 is 6.10 Å². The highest BCUT2D eigenvalue weighted by Gasteiger charge is 2.09. The fraction of sp³-hybridized carbons (Fsp3) is 0.333. The Morgan fingerprint density at radius 3 is 2.33 bits per heavy atom. The molecule has 112 valence electrons. The van der Waals surface area contributed by atoms with Gasteiger partial charge in [-0.1, -0.05) is 42.5 Å². The Bertz CT molecular complexity index is 525. The van der Waals surface area contributed by atoms with Crippen molar-refractivity contribution >= 4 is 0 Å². The molecule has 0 bridgehead atoms. The van der Waals surface area contributed by atoms with E-state index in [0.717, 1.165) is 24.9 Å². The van der Waals surface area contributed by atoms with Gasteiger partial charge < -0.3 is 15.1 Å². The third-order valence-electron chi connectivity index (χ3n) is 3.61. The maximum Gasteiger partial charge on any atom is 0.115 e. The molecule has 0 amide bonds. The van der Waals surface area contributed by atoms with E-state index in [1.54, 1.807) is 12.1 Å². The number of likely N-dealkylation sites (N-methyl/N-ethyl adjacent to an activating group) is 1. The number of benzene rings is 2. The largest absolute Gasteiger partial charge is 0.508 e. The van der Waals surface area contributed by atoms with E-state index >= 15 is 0 Å². The van der Waals surface area contributed by atoms with Crippen molar-refractivity contribution in [3.63, 3.8) is 0 Å². The van der Waals surface area contributed by atoms with Gasteiger partial charge in [0.2, 0.25) is 0 Å². The van der Waals surface area contributed by atoms with Crippen LogP contribution in [0.3, 0.4) is 0 Å². The highest BCUT2D eigenvalue weighted by atomic mass is 16.3. The Morgan fingerprint density at radius 2 is 1.67 bits per heavy atom. The number of aliphatic hydroxyl groups is 1. The molecule has 3 heteroatoms. The van der Waals surface area contributed by atoms with Gasteiger partial charge in [0.1, 0.15) is 5.75 Å². The molecule has 0 saturated carbocycles. The molecule has 0 radical (unpaired) electrons. The van der Waals surface area contributed by atoms with Crippen LogP contribution in [-0.4, -0.2) is 35.3 Å². The van der Waals surface area contributed by atoms with Crippen molar-refractivity contribution < 1.29 is 10.2 Å². The van der Waals surface area contributed by atoms with Crippen LogP contribution >= 0.6 is 0 Å². The van der Waals surface area contributed by atoms with Crippen LogP contribution in [0.4, 0.5) is 0 Å². The molecule has 2 aromatic carbocycles. The Kier molecular flexibility index (Phi) is 5.78. The lowest BCUT2D eigenvalue weighted by atomic mass is 10.1. The van der Waals surface area contributed by atoms with Crippen molar-refractivity contribution in [2.75, 3.05) is 20.1 Å². The van der Waals surface area contributed by atoms with Crippen LogP contribution in [0.15, 0.2) is 54.6 Å². The second-order valence-electron chi connectivity index (χ2n) is 5.46. The van der Waals surface area contributed by atoms with Crippen molar-refractivity contribution in [2.24, 2.45) is 0 Å². The predicted molar refractivity (Wildman–Crippen MR) is 85.3 cm³/mol. The number of rotatable bonds is 7. The zero-order valence-corrected chi connectivity index (χ0v) is 12.4. The van der Waals surface area contributed by atoms with E-state index in [1.807, 2.05) is 49.5 Å². The average Bonchev–Trinajstić information content (AvgIpc) is 2.50. The maximum atomic E-state index is 10.2. The minimum absolute atomic E-state index is 0.307. The van der Waals surface area contributed by atoms with E-state index in [-0.39, 0.29) is 0 Å². The first-order valence-corrected chi connectivity index (χ1v) is 7.34. The molecule has 0 saturated heterocycles. The van der Waals surface area contributed by atoms with Crippen LogP contribution in [0.2, 0.25) is 0 Å². The van der Waals surface area contributed by atoms with Crippen molar-refractivity contribution in [1.82, 2.24) is 4.90 Å². The zero-order valence-electron chi connectivity index (χ0n) is 12.4. The molecule has 3 nitrogen and oxygen atoms in total. The average molecular weight is 285 g/mol. The molecular weight excluding hydrogens is 262 g/mol. The molecular formula is C18H23NO2. The fourth-order valence-corrected chi connectivity index (χ4v) is 2.38. The van der Waals surface area contributed by atoms with Gasteiger partial charge in [-0.2, -0.15) is 0 Å². The molecule has 1 atom stereocenters. The number of aryl methyl sites for hydroxylation is 1. The van der Waals surface area contributed by atoms with Crippen LogP contribution < -0.4 is 0 Å². The first kappa shape index (κ1) is 15.5. The second kappa shape index (κ2) is 7.81. The number of phenols is 1. The molecule has 0 spiro atoms. The summed E-state index contributed by atoms with van der Waals surface area (Å²) in [4.78, 5) is 2.15. The lowest BCUT2D eigenvalue weighted by Crippen LogP contribution is -2.26. The summed E-state index contributed by atoms with van der Waals surface area (Å²) in [5.74, 6) is 0.307. The summed E-state index contributed by atoms with van der Waals surface area (Å²) in [6, 6.07) is 17.1. The van der Waals surface area contributed by atoms with Gasteiger partial charge in [-0.25, -0.2) is 0 Å². The predicted octanol–water partition coefficient (Wildman–Crippen LogP) is 2.99. The Hall–Kier alpha value is -1.84. The van der Waals surface area contributed by atoms with Gasteiger partial charge >= 0.3 is 0 Å². The Morgan fingerprint density at radius 1 is 1.00 bits per heavy atom. The molecule has 0 aliphatic heterocycles. The number of phenolic OH excluding ortho intramolecular Hbond substituents is 1. The zero-order chi connectivity index (χ0) is 15.1. The summed E-state index contributed by atoms with van der Waals surface area (Å²) in [5.41, 5.74) is 2.19.